The third-order valence-corrected chi connectivity index (χ3v) is 5.69. The van der Waals surface area contributed by atoms with E-state index in [-0.39, 0.29) is 5.91 Å². The van der Waals surface area contributed by atoms with Crippen molar-refractivity contribution in [3.05, 3.63) is 59.2 Å². The summed E-state index contributed by atoms with van der Waals surface area (Å²) in [5, 5.41) is 11.9. The molecule has 0 radical (unpaired) electrons. The molecule has 0 aliphatic heterocycles. The highest BCUT2D eigenvalue weighted by atomic mass is 32.2. The number of aryl methyl sites for hydroxylation is 3. The van der Waals surface area contributed by atoms with Crippen LogP contribution >= 0.6 is 11.8 Å². The van der Waals surface area contributed by atoms with Gasteiger partial charge in [0, 0.05) is 11.3 Å². The smallest absolute Gasteiger partial charge is 0.234 e. The van der Waals surface area contributed by atoms with E-state index in [0.29, 0.717) is 10.9 Å². The fraction of sp³-hybridized carbons (Fsp3) is 0.286. The van der Waals surface area contributed by atoms with Gasteiger partial charge in [-0.2, -0.15) is 0 Å². The Morgan fingerprint density at radius 2 is 1.93 bits per heavy atom. The van der Waals surface area contributed by atoms with Gasteiger partial charge in [0.05, 0.1) is 5.75 Å². The van der Waals surface area contributed by atoms with Crippen LogP contribution in [0.5, 0.6) is 0 Å². The molecule has 6 heteroatoms. The summed E-state index contributed by atoms with van der Waals surface area (Å²) in [7, 11) is 0. The summed E-state index contributed by atoms with van der Waals surface area (Å²) >= 11 is 1.36. The van der Waals surface area contributed by atoms with Crippen molar-refractivity contribution in [2.45, 2.75) is 37.8 Å². The molecule has 1 aliphatic rings. The van der Waals surface area contributed by atoms with Gasteiger partial charge < -0.3 is 10.3 Å². The number of thioether (sulfide) groups is 1. The van der Waals surface area contributed by atoms with Crippen LogP contribution in [0.4, 0.5) is 5.69 Å². The number of anilines is 1. The topological polar surface area (TPSA) is 70.7 Å². The van der Waals surface area contributed by atoms with Gasteiger partial charge >= 0.3 is 0 Å². The van der Waals surface area contributed by atoms with E-state index in [1.807, 2.05) is 18.2 Å². The number of benzene rings is 2. The lowest BCUT2D eigenvalue weighted by molar-refractivity contribution is -0.113. The Hall–Kier alpha value is -2.60. The van der Waals surface area contributed by atoms with Crippen LogP contribution in [0.1, 0.15) is 30.0 Å². The summed E-state index contributed by atoms with van der Waals surface area (Å²) in [4.78, 5) is 15.4. The lowest BCUT2D eigenvalue weighted by atomic mass is 10.1. The molecule has 1 aliphatic carbocycles. The van der Waals surface area contributed by atoms with Crippen molar-refractivity contribution in [2.24, 2.45) is 0 Å². The summed E-state index contributed by atoms with van der Waals surface area (Å²) in [5.41, 5.74) is 5.92. The largest absolute Gasteiger partial charge is 0.325 e. The molecule has 5 nitrogen and oxygen atoms in total. The summed E-state index contributed by atoms with van der Waals surface area (Å²) in [6.07, 6.45) is 4.47. The molecule has 0 fully saturated rings. The Balaban J connectivity index is 1.33. The van der Waals surface area contributed by atoms with Crippen LogP contribution in [0.2, 0.25) is 0 Å². The average Bonchev–Trinajstić information content (AvgIpc) is 3.35. The minimum Gasteiger partial charge on any atom is -0.325 e. The first kappa shape index (κ1) is 17.8. The predicted octanol–water partition coefficient (Wildman–Crippen LogP) is 4.25. The van der Waals surface area contributed by atoms with Crippen molar-refractivity contribution in [3.63, 3.8) is 0 Å². The van der Waals surface area contributed by atoms with Gasteiger partial charge in [-0.3, -0.25) is 4.79 Å². The third kappa shape index (κ3) is 4.22. The first-order valence-corrected chi connectivity index (χ1v) is 10.3. The van der Waals surface area contributed by atoms with Crippen LogP contribution in [0, 0.1) is 0 Å². The number of fused-ring (bicyclic) bond motifs is 1. The molecular weight excluding hydrogens is 356 g/mol. The lowest BCUT2D eigenvalue weighted by Crippen LogP contribution is -2.14. The van der Waals surface area contributed by atoms with E-state index in [9.17, 15) is 4.79 Å². The second-order valence-corrected chi connectivity index (χ2v) is 7.67. The van der Waals surface area contributed by atoms with Gasteiger partial charge in [-0.05, 0) is 54.5 Å². The van der Waals surface area contributed by atoms with Gasteiger partial charge in [-0.1, -0.05) is 49.0 Å². The van der Waals surface area contributed by atoms with Crippen LogP contribution in [-0.4, -0.2) is 26.8 Å². The number of carbonyl (C=O) groups is 1. The monoisotopic (exact) mass is 378 g/mol. The van der Waals surface area contributed by atoms with E-state index in [1.54, 1.807) is 0 Å². The van der Waals surface area contributed by atoms with Crippen LogP contribution in [0.3, 0.4) is 0 Å². The molecule has 0 saturated heterocycles. The van der Waals surface area contributed by atoms with Crippen LogP contribution in [0.15, 0.2) is 47.6 Å². The molecule has 4 rings (SSSR count). The SMILES string of the molecule is CCc1ccc(-c2nnc(SCC(=O)Nc3ccc4c(c3)CCC4)[nH]2)cc1. The Kier molecular flexibility index (Phi) is 5.25. The number of hydrogen-bond acceptors (Lipinski definition) is 4. The number of amides is 1. The van der Waals surface area contributed by atoms with Crippen molar-refractivity contribution in [1.29, 1.82) is 0 Å². The number of hydrogen-bond donors (Lipinski definition) is 2. The van der Waals surface area contributed by atoms with Gasteiger partial charge in [-0.25, -0.2) is 0 Å². The van der Waals surface area contributed by atoms with Crippen molar-refractivity contribution in [3.8, 4) is 11.4 Å². The quantitative estimate of drug-likeness (QED) is 0.629. The molecule has 0 bridgehead atoms. The van der Waals surface area contributed by atoms with Crippen molar-refractivity contribution in [2.75, 3.05) is 11.1 Å². The Morgan fingerprint density at radius 3 is 2.74 bits per heavy atom. The maximum Gasteiger partial charge on any atom is 0.234 e. The molecule has 0 saturated carbocycles. The molecule has 1 aromatic heterocycles. The minimum absolute atomic E-state index is 0.0387. The minimum atomic E-state index is -0.0387. The van der Waals surface area contributed by atoms with Gasteiger partial charge in [0.25, 0.3) is 0 Å². The number of nitrogens with zero attached hydrogens (tertiary/aromatic N) is 2. The van der Waals surface area contributed by atoms with Crippen LogP contribution < -0.4 is 5.32 Å². The molecule has 0 unspecified atom stereocenters. The van der Waals surface area contributed by atoms with Gasteiger partial charge in [-0.15, -0.1) is 10.2 Å². The van der Waals surface area contributed by atoms with Crippen LogP contribution in [0.25, 0.3) is 11.4 Å². The Bertz CT molecular complexity index is 949. The summed E-state index contributed by atoms with van der Waals surface area (Å²) in [6, 6.07) is 14.5. The zero-order valence-electron chi connectivity index (χ0n) is 15.3. The highest BCUT2D eigenvalue weighted by molar-refractivity contribution is 7.99. The fourth-order valence-corrected chi connectivity index (χ4v) is 3.93. The number of aromatic nitrogens is 3. The fourth-order valence-electron chi connectivity index (χ4n) is 3.32. The maximum absolute atomic E-state index is 12.2. The number of rotatable bonds is 6. The third-order valence-electron chi connectivity index (χ3n) is 4.82. The van der Waals surface area contributed by atoms with E-state index in [1.165, 1.54) is 34.9 Å². The van der Waals surface area contributed by atoms with E-state index in [2.05, 4.69) is 51.7 Å². The van der Waals surface area contributed by atoms with E-state index in [4.69, 9.17) is 0 Å². The molecule has 1 heterocycles. The summed E-state index contributed by atoms with van der Waals surface area (Å²) in [6.45, 7) is 2.13. The maximum atomic E-state index is 12.2. The van der Waals surface area contributed by atoms with E-state index >= 15 is 0 Å². The summed E-state index contributed by atoms with van der Waals surface area (Å²) in [5.74, 6) is 0.975. The summed E-state index contributed by atoms with van der Waals surface area (Å²) < 4.78 is 0. The number of H-pyrrole nitrogens is 1. The highest BCUT2D eigenvalue weighted by Gasteiger charge is 2.13. The molecule has 2 aromatic carbocycles. The molecule has 27 heavy (non-hydrogen) atoms. The predicted molar refractivity (Wildman–Crippen MR) is 109 cm³/mol. The zero-order valence-corrected chi connectivity index (χ0v) is 16.1. The molecular formula is C21H22N4OS. The van der Waals surface area contributed by atoms with Gasteiger partial charge in [0.1, 0.15) is 0 Å². The van der Waals surface area contributed by atoms with Crippen LogP contribution in [-0.2, 0) is 24.1 Å². The van der Waals surface area contributed by atoms with Gasteiger partial charge in [0.15, 0.2) is 11.0 Å². The second kappa shape index (κ2) is 7.96. The zero-order chi connectivity index (χ0) is 18.6. The van der Waals surface area contributed by atoms with Crippen molar-refractivity contribution >= 4 is 23.4 Å². The number of carbonyl (C=O) groups excluding carboxylic acids is 1. The van der Waals surface area contributed by atoms with Gasteiger partial charge in [0.2, 0.25) is 5.91 Å². The van der Waals surface area contributed by atoms with Crippen molar-refractivity contribution in [1.82, 2.24) is 15.2 Å². The molecule has 3 aromatic rings. The van der Waals surface area contributed by atoms with E-state index < -0.39 is 0 Å². The van der Waals surface area contributed by atoms with Crippen molar-refractivity contribution < 1.29 is 4.79 Å². The number of aromatic amines is 1. The molecule has 2 N–H and O–H groups in total. The molecule has 0 spiro atoms. The first-order valence-electron chi connectivity index (χ1n) is 9.27. The normalized spacial score (nSPS) is 12.8. The standard InChI is InChI=1S/C21H22N4OS/c1-2-14-6-8-16(9-7-14)20-23-21(25-24-20)27-13-19(26)22-18-11-10-15-4-3-5-17(15)12-18/h6-12H,2-5,13H2,1H3,(H,22,26)(H,23,24,25). The first-order chi connectivity index (χ1) is 13.2. The average molecular weight is 379 g/mol. The molecule has 0 atom stereocenters. The second-order valence-electron chi connectivity index (χ2n) is 6.70. The number of nitrogens with one attached hydrogen (secondary N) is 2. The lowest BCUT2D eigenvalue weighted by Gasteiger charge is -2.06. The highest BCUT2D eigenvalue weighted by Crippen LogP contribution is 2.25. The Morgan fingerprint density at radius 1 is 1.11 bits per heavy atom. The Labute approximate surface area is 163 Å². The molecule has 138 valence electrons. The molecule has 1 amide bonds. The van der Waals surface area contributed by atoms with E-state index in [0.717, 1.165) is 36.3 Å².